The van der Waals surface area contributed by atoms with E-state index in [-0.39, 0.29) is 18.1 Å². The van der Waals surface area contributed by atoms with Crippen molar-refractivity contribution >= 4 is 11.8 Å². The Kier molecular flexibility index (Phi) is 4.52. The summed E-state index contributed by atoms with van der Waals surface area (Å²) in [4.78, 5) is 18.2. The Labute approximate surface area is 134 Å². The van der Waals surface area contributed by atoms with Crippen LogP contribution in [0.4, 0.5) is 15.0 Å². The molecule has 1 aromatic heterocycles. The van der Waals surface area contributed by atoms with Crippen molar-refractivity contribution in [3.05, 3.63) is 60.0 Å². The molecule has 3 rings (SSSR count). The number of halogens is 1. The molecule has 1 saturated heterocycles. The average Bonchev–Trinajstić information content (AvgIpc) is 2.91. The van der Waals surface area contributed by atoms with E-state index in [9.17, 15) is 9.18 Å². The van der Waals surface area contributed by atoms with Crippen molar-refractivity contribution in [2.45, 2.75) is 18.5 Å². The van der Waals surface area contributed by atoms with Crippen LogP contribution in [0.1, 0.15) is 18.0 Å². The summed E-state index contributed by atoms with van der Waals surface area (Å²) in [5.41, 5.74) is 1.18. The van der Waals surface area contributed by atoms with Gasteiger partial charge in [0, 0.05) is 6.54 Å². The van der Waals surface area contributed by atoms with Gasteiger partial charge in [-0.05, 0) is 31.2 Å². The fourth-order valence-corrected chi connectivity index (χ4v) is 3.01. The first-order valence-corrected chi connectivity index (χ1v) is 7.58. The molecule has 2 heterocycles. The molecule has 0 saturated carbocycles. The zero-order valence-electron chi connectivity index (χ0n) is 12.9. The third-order valence-corrected chi connectivity index (χ3v) is 4.08. The fraction of sp³-hybridized carbons (Fsp3) is 0.294. The Balaban J connectivity index is 1.66. The topological polar surface area (TPSA) is 57.3 Å². The van der Waals surface area contributed by atoms with Crippen LogP contribution in [0.15, 0.2) is 48.7 Å². The highest BCUT2D eigenvalue weighted by Gasteiger charge is 2.33. The molecule has 1 aliphatic heterocycles. The zero-order valence-corrected chi connectivity index (χ0v) is 12.9. The summed E-state index contributed by atoms with van der Waals surface area (Å²) in [6.45, 7) is 0.916. The number of carbonyl (C=O) groups excluding carboxylic acids is 1. The van der Waals surface area contributed by atoms with Crippen LogP contribution in [0.5, 0.6) is 0 Å². The van der Waals surface area contributed by atoms with Gasteiger partial charge in [0.1, 0.15) is 11.6 Å². The number of likely N-dealkylation sites (N-methyl/N-ethyl adjacent to an activating group) is 1. The van der Waals surface area contributed by atoms with E-state index in [1.807, 2.05) is 18.2 Å². The van der Waals surface area contributed by atoms with Crippen LogP contribution in [0.3, 0.4) is 0 Å². The molecule has 120 valence electrons. The summed E-state index contributed by atoms with van der Waals surface area (Å²) in [7, 11) is 2.05. The van der Waals surface area contributed by atoms with Crippen LogP contribution in [-0.4, -0.2) is 35.5 Å². The van der Waals surface area contributed by atoms with Crippen LogP contribution < -0.4 is 10.6 Å². The molecular weight excluding hydrogens is 295 g/mol. The van der Waals surface area contributed by atoms with Crippen molar-refractivity contribution in [2.75, 3.05) is 18.9 Å². The summed E-state index contributed by atoms with van der Waals surface area (Å²) < 4.78 is 12.8. The molecule has 1 aromatic carbocycles. The molecule has 2 N–H and O–H groups in total. The van der Waals surface area contributed by atoms with Crippen molar-refractivity contribution in [3.8, 4) is 0 Å². The fourth-order valence-electron chi connectivity index (χ4n) is 3.01. The maximum absolute atomic E-state index is 12.8. The normalized spacial score (nSPS) is 21.1. The van der Waals surface area contributed by atoms with Gasteiger partial charge in [0.05, 0.1) is 18.3 Å². The predicted molar refractivity (Wildman–Crippen MR) is 86.6 cm³/mol. The summed E-state index contributed by atoms with van der Waals surface area (Å²) in [6, 6.07) is 12.6. The molecule has 6 heteroatoms. The molecule has 23 heavy (non-hydrogen) atoms. The van der Waals surface area contributed by atoms with Gasteiger partial charge in [-0.1, -0.05) is 30.3 Å². The third-order valence-electron chi connectivity index (χ3n) is 4.08. The zero-order chi connectivity index (χ0) is 16.2. The number of hydrogen-bond donors (Lipinski definition) is 2. The molecule has 2 atom stereocenters. The number of pyridine rings is 1. The smallest absolute Gasteiger partial charge is 0.320 e. The van der Waals surface area contributed by atoms with Gasteiger partial charge in [-0.15, -0.1) is 0 Å². The van der Waals surface area contributed by atoms with Crippen LogP contribution in [0.25, 0.3) is 0 Å². The molecule has 1 fully saturated rings. The number of carbonyl (C=O) groups is 1. The van der Waals surface area contributed by atoms with Crippen molar-refractivity contribution < 1.29 is 9.18 Å². The molecule has 0 spiro atoms. The minimum absolute atomic E-state index is 0.0165. The lowest BCUT2D eigenvalue weighted by molar-refractivity contribution is 0.240. The van der Waals surface area contributed by atoms with E-state index >= 15 is 0 Å². The highest BCUT2D eigenvalue weighted by molar-refractivity contribution is 5.88. The monoisotopic (exact) mass is 314 g/mol. The Morgan fingerprint density at radius 2 is 2.04 bits per heavy atom. The summed E-state index contributed by atoms with van der Waals surface area (Å²) in [5.74, 6) is -0.107. The van der Waals surface area contributed by atoms with Gasteiger partial charge in [-0.25, -0.2) is 14.2 Å². The van der Waals surface area contributed by atoms with Crippen molar-refractivity contribution in [1.29, 1.82) is 0 Å². The van der Waals surface area contributed by atoms with Gasteiger partial charge >= 0.3 is 6.03 Å². The number of amides is 2. The number of rotatable bonds is 3. The minimum atomic E-state index is -0.433. The second-order valence-electron chi connectivity index (χ2n) is 5.69. The van der Waals surface area contributed by atoms with E-state index in [4.69, 9.17) is 0 Å². The molecule has 0 aliphatic carbocycles. The lowest BCUT2D eigenvalue weighted by Gasteiger charge is -2.26. The number of anilines is 1. The van der Waals surface area contributed by atoms with Crippen LogP contribution in [0.2, 0.25) is 0 Å². The van der Waals surface area contributed by atoms with E-state index in [0.29, 0.717) is 5.82 Å². The number of benzene rings is 1. The predicted octanol–water partition coefficient (Wildman–Crippen LogP) is 2.79. The Morgan fingerprint density at radius 1 is 1.26 bits per heavy atom. The van der Waals surface area contributed by atoms with Crippen molar-refractivity contribution in [2.24, 2.45) is 0 Å². The quantitative estimate of drug-likeness (QED) is 0.916. The van der Waals surface area contributed by atoms with E-state index in [1.54, 1.807) is 0 Å². The standard InChI is InChI=1S/C17H19FN4O/c1-22-10-9-14(16(22)12-5-3-2-4-6-12)20-17(23)21-15-8-7-13(18)11-19-15/h2-8,11,14,16H,9-10H2,1H3,(H2,19,20,21,23)/t14-,16-/m1/s1. The summed E-state index contributed by atoms with van der Waals surface area (Å²) >= 11 is 0. The van der Waals surface area contributed by atoms with Gasteiger partial charge in [-0.3, -0.25) is 10.2 Å². The lowest BCUT2D eigenvalue weighted by Crippen LogP contribution is -2.41. The van der Waals surface area contributed by atoms with Crippen LogP contribution in [-0.2, 0) is 0 Å². The van der Waals surface area contributed by atoms with E-state index < -0.39 is 5.82 Å². The molecule has 1 aliphatic rings. The highest BCUT2D eigenvalue weighted by atomic mass is 19.1. The minimum Gasteiger partial charge on any atom is -0.333 e. The highest BCUT2D eigenvalue weighted by Crippen LogP contribution is 2.30. The van der Waals surface area contributed by atoms with Gasteiger partial charge < -0.3 is 5.32 Å². The number of likely N-dealkylation sites (tertiary alicyclic amines) is 1. The molecule has 2 amide bonds. The van der Waals surface area contributed by atoms with Crippen molar-refractivity contribution in [3.63, 3.8) is 0 Å². The van der Waals surface area contributed by atoms with Gasteiger partial charge in [0.15, 0.2) is 0 Å². The Bertz CT molecular complexity index is 662. The number of nitrogens with one attached hydrogen (secondary N) is 2. The molecule has 0 unspecified atom stereocenters. The molecular formula is C17H19FN4O. The average molecular weight is 314 g/mol. The Morgan fingerprint density at radius 3 is 2.74 bits per heavy atom. The van der Waals surface area contributed by atoms with Crippen molar-refractivity contribution in [1.82, 2.24) is 15.2 Å². The number of hydrogen-bond acceptors (Lipinski definition) is 3. The largest absolute Gasteiger partial charge is 0.333 e. The van der Waals surface area contributed by atoms with E-state index in [1.165, 1.54) is 17.7 Å². The number of aromatic nitrogens is 1. The molecule has 2 aromatic rings. The summed E-state index contributed by atoms with van der Waals surface area (Å²) in [6.07, 6.45) is 1.95. The SMILES string of the molecule is CN1CC[C@@H](NC(=O)Nc2ccc(F)cn2)[C@H]1c1ccccc1. The maximum atomic E-state index is 12.8. The van der Waals surface area contributed by atoms with E-state index in [0.717, 1.165) is 19.2 Å². The first-order valence-electron chi connectivity index (χ1n) is 7.58. The molecule has 5 nitrogen and oxygen atoms in total. The molecule has 0 radical (unpaired) electrons. The van der Waals surface area contributed by atoms with Gasteiger partial charge in [0.2, 0.25) is 0 Å². The maximum Gasteiger partial charge on any atom is 0.320 e. The third kappa shape index (κ3) is 3.65. The van der Waals surface area contributed by atoms with Gasteiger partial charge in [0.25, 0.3) is 0 Å². The van der Waals surface area contributed by atoms with Crippen LogP contribution in [0, 0.1) is 5.82 Å². The lowest BCUT2D eigenvalue weighted by atomic mass is 10.0. The van der Waals surface area contributed by atoms with Crippen LogP contribution >= 0.6 is 0 Å². The molecule has 0 bridgehead atoms. The first kappa shape index (κ1) is 15.4. The first-order chi connectivity index (χ1) is 11.1. The second-order valence-corrected chi connectivity index (χ2v) is 5.69. The number of nitrogens with zero attached hydrogens (tertiary/aromatic N) is 2. The Hall–Kier alpha value is -2.47. The summed E-state index contributed by atoms with van der Waals surface area (Å²) in [5, 5.41) is 5.63. The number of urea groups is 1. The second kappa shape index (κ2) is 6.75. The van der Waals surface area contributed by atoms with Gasteiger partial charge in [-0.2, -0.15) is 0 Å². The van der Waals surface area contributed by atoms with E-state index in [2.05, 4.69) is 39.7 Å².